The van der Waals surface area contributed by atoms with Crippen LogP contribution in [-0.2, 0) is 0 Å². The molecule has 0 saturated heterocycles. The SMILES string of the molecule is COc1ncnc(NC2(CN)CCC(C)CC2)c1C. The molecule has 0 atom stereocenters. The molecule has 0 unspecified atom stereocenters. The summed E-state index contributed by atoms with van der Waals surface area (Å²) >= 11 is 0. The quantitative estimate of drug-likeness (QED) is 0.871. The molecule has 3 N–H and O–H groups in total. The second-order valence-electron chi connectivity index (χ2n) is 5.65. The molecule has 0 bridgehead atoms. The van der Waals surface area contributed by atoms with Gasteiger partial charge in [-0.1, -0.05) is 6.92 Å². The largest absolute Gasteiger partial charge is 0.481 e. The number of ether oxygens (including phenoxy) is 1. The van der Waals surface area contributed by atoms with Crippen molar-refractivity contribution in [2.24, 2.45) is 11.7 Å². The van der Waals surface area contributed by atoms with Crippen LogP contribution in [0, 0.1) is 12.8 Å². The van der Waals surface area contributed by atoms with Crippen molar-refractivity contribution in [3.63, 3.8) is 0 Å². The zero-order valence-electron chi connectivity index (χ0n) is 12.1. The average molecular weight is 264 g/mol. The van der Waals surface area contributed by atoms with Gasteiger partial charge < -0.3 is 15.8 Å². The highest BCUT2D eigenvalue weighted by molar-refractivity contribution is 5.49. The van der Waals surface area contributed by atoms with Crippen molar-refractivity contribution in [2.75, 3.05) is 19.0 Å². The maximum Gasteiger partial charge on any atom is 0.221 e. The van der Waals surface area contributed by atoms with Crippen LogP contribution in [0.2, 0.25) is 0 Å². The molecule has 1 aliphatic carbocycles. The van der Waals surface area contributed by atoms with Gasteiger partial charge in [-0.15, -0.1) is 0 Å². The van der Waals surface area contributed by atoms with Crippen LogP contribution in [0.5, 0.6) is 5.88 Å². The van der Waals surface area contributed by atoms with Gasteiger partial charge in [-0.2, -0.15) is 0 Å². The van der Waals surface area contributed by atoms with Crippen molar-refractivity contribution in [1.82, 2.24) is 9.97 Å². The van der Waals surface area contributed by atoms with Crippen LogP contribution in [0.3, 0.4) is 0 Å². The van der Waals surface area contributed by atoms with Gasteiger partial charge >= 0.3 is 0 Å². The second kappa shape index (κ2) is 5.74. The fourth-order valence-electron chi connectivity index (χ4n) is 2.71. The number of rotatable bonds is 4. The highest BCUT2D eigenvalue weighted by Crippen LogP contribution is 2.34. The lowest BCUT2D eigenvalue weighted by atomic mass is 9.77. The molecular formula is C14H24N4O. The molecule has 5 heteroatoms. The summed E-state index contributed by atoms with van der Waals surface area (Å²) in [5, 5.41) is 3.55. The Morgan fingerprint density at radius 1 is 1.42 bits per heavy atom. The van der Waals surface area contributed by atoms with E-state index < -0.39 is 0 Å². The van der Waals surface area contributed by atoms with E-state index in [9.17, 15) is 0 Å². The number of hydrogen-bond acceptors (Lipinski definition) is 5. The van der Waals surface area contributed by atoms with E-state index in [1.54, 1.807) is 7.11 Å². The average Bonchev–Trinajstić information content (AvgIpc) is 2.44. The summed E-state index contributed by atoms with van der Waals surface area (Å²) in [7, 11) is 1.63. The van der Waals surface area contributed by atoms with Crippen LogP contribution >= 0.6 is 0 Å². The first-order chi connectivity index (χ1) is 9.10. The Morgan fingerprint density at radius 2 is 2.11 bits per heavy atom. The molecule has 2 rings (SSSR count). The van der Waals surface area contributed by atoms with Gasteiger partial charge in [0.2, 0.25) is 5.88 Å². The number of anilines is 1. The molecule has 106 valence electrons. The summed E-state index contributed by atoms with van der Waals surface area (Å²) in [5.74, 6) is 2.25. The molecule has 0 radical (unpaired) electrons. The maximum absolute atomic E-state index is 6.02. The van der Waals surface area contributed by atoms with Crippen molar-refractivity contribution in [3.05, 3.63) is 11.9 Å². The summed E-state index contributed by atoms with van der Waals surface area (Å²) in [5.41, 5.74) is 6.93. The fraction of sp³-hybridized carbons (Fsp3) is 0.714. The van der Waals surface area contributed by atoms with Crippen molar-refractivity contribution in [1.29, 1.82) is 0 Å². The predicted molar refractivity (Wildman–Crippen MR) is 76.4 cm³/mol. The van der Waals surface area contributed by atoms with Crippen LogP contribution < -0.4 is 15.8 Å². The van der Waals surface area contributed by atoms with Crippen molar-refractivity contribution < 1.29 is 4.74 Å². The van der Waals surface area contributed by atoms with Gasteiger partial charge in [-0.05, 0) is 38.5 Å². The Kier molecular flexibility index (Phi) is 4.24. The minimum absolute atomic E-state index is 0.0311. The van der Waals surface area contributed by atoms with Crippen LogP contribution in [-0.4, -0.2) is 29.2 Å². The molecule has 0 aliphatic heterocycles. The van der Waals surface area contributed by atoms with Crippen molar-refractivity contribution >= 4 is 5.82 Å². The first-order valence-corrected chi connectivity index (χ1v) is 6.94. The van der Waals surface area contributed by atoms with Gasteiger partial charge in [-0.3, -0.25) is 0 Å². The lowest BCUT2D eigenvalue weighted by Gasteiger charge is -2.40. The molecule has 19 heavy (non-hydrogen) atoms. The van der Waals surface area contributed by atoms with Gasteiger partial charge in [0.1, 0.15) is 12.1 Å². The molecule has 0 spiro atoms. The number of hydrogen-bond donors (Lipinski definition) is 2. The number of nitrogens with one attached hydrogen (secondary N) is 1. The molecular weight excluding hydrogens is 240 g/mol. The lowest BCUT2D eigenvalue weighted by molar-refractivity contribution is 0.271. The predicted octanol–water partition coefficient (Wildman–Crippen LogP) is 2.11. The summed E-state index contributed by atoms with van der Waals surface area (Å²) < 4.78 is 5.24. The van der Waals surface area contributed by atoms with E-state index >= 15 is 0 Å². The first kappa shape index (κ1) is 14.1. The van der Waals surface area contributed by atoms with Crippen LogP contribution in [0.4, 0.5) is 5.82 Å². The topological polar surface area (TPSA) is 73.1 Å². The summed E-state index contributed by atoms with van der Waals surface area (Å²) in [6.07, 6.45) is 6.15. The van der Waals surface area contributed by atoms with E-state index in [2.05, 4.69) is 22.2 Å². The Balaban J connectivity index is 2.19. The third-order valence-electron chi connectivity index (χ3n) is 4.24. The second-order valence-corrected chi connectivity index (χ2v) is 5.65. The number of nitrogens with two attached hydrogens (primary N) is 1. The van der Waals surface area contributed by atoms with Gasteiger partial charge in [0, 0.05) is 6.54 Å². The van der Waals surface area contributed by atoms with E-state index in [-0.39, 0.29) is 5.54 Å². The van der Waals surface area contributed by atoms with Crippen molar-refractivity contribution in [2.45, 2.75) is 45.1 Å². The fourth-order valence-corrected chi connectivity index (χ4v) is 2.71. The molecule has 1 aliphatic rings. The van der Waals surface area contributed by atoms with Gasteiger partial charge in [0.25, 0.3) is 0 Å². The number of methoxy groups -OCH3 is 1. The van der Waals surface area contributed by atoms with Crippen LogP contribution in [0.15, 0.2) is 6.33 Å². The highest BCUT2D eigenvalue weighted by Gasteiger charge is 2.33. The summed E-state index contributed by atoms with van der Waals surface area (Å²) in [4.78, 5) is 8.44. The van der Waals surface area contributed by atoms with E-state index in [1.807, 2.05) is 6.92 Å². The van der Waals surface area contributed by atoms with E-state index in [1.165, 1.54) is 19.2 Å². The molecule has 1 saturated carbocycles. The Morgan fingerprint density at radius 3 is 2.68 bits per heavy atom. The zero-order valence-corrected chi connectivity index (χ0v) is 12.1. The van der Waals surface area contributed by atoms with Crippen LogP contribution in [0.25, 0.3) is 0 Å². The number of aromatic nitrogens is 2. The van der Waals surface area contributed by atoms with E-state index in [4.69, 9.17) is 10.5 Å². The Hall–Kier alpha value is -1.36. The Bertz CT molecular complexity index is 427. The maximum atomic E-state index is 6.02. The third-order valence-corrected chi connectivity index (χ3v) is 4.24. The molecule has 0 aromatic carbocycles. The van der Waals surface area contributed by atoms with Crippen molar-refractivity contribution in [3.8, 4) is 5.88 Å². The minimum atomic E-state index is -0.0311. The smallest absolute Gasteiger partial charge is 0.221 e. The summed E-state index contributed by atoms with van der Waals surface area (Å²) in [6.45, 7) is 4.90. The molecule has 1 heterocycles. The molecule has 1 aromatic rings. The standard InChI is InChI=1S/C14H24N4O/c1-10-4-6-14(8-15,7-5-10)18-12-11(2)13(19-3)17-9-16-12/h9-10H,4-8,15H2,1-3H3,(H,16,17,18). The third kappa shape index (κ3) is 2.97. The van der Waals surface area contributed by atoms with Gasteiger partial charge in [-0.25, -0.2) is 9.97 Å². The van der Waals surface area contributed by atoms with E-state index in [0.717, 1.165) is 30.1 Å². The summed E-state index contributed by atoms with van der Waals surface area (Å²) in [6, 6.07) is 0. The van der Waals surface area contributed by atoms with Gasteiger partial charge in [0.15, 0.2) is 0 Å². The van der Waals surface area contributed by atoms with Crippen LogP contribution in [0.1, 0.15) is 38.2 Å². The molecule has 1 aromatic heterocycles. The lowest BCUT2D eigenvalue weighted by Crippen LogP contribution is -2.48. The zero-order chi connectivity index (χ0) is 13.9. The first-order valence-electron chi connectivity index (χ1n) is 6.94. The van der Waals surface area contributed by atoms with Gasteiger partial charge in [0.05, 0.1) is 18.2 Å². The molecule has 1 fully saturated rings. The van der Waals surface area contributed by atoms with E-state index in [0.29, 0.717) is 12.4 Å². The monoisotopic (exact) mass is 264 g/mol. The highest BCUT2D eigenvalue weighted by atomic mass is 16.5. The number of nitrogens with zero attached hydrogens (tertiary/aromatic N) is 2. The minimum Gasteiger partial charge on any atom is -0.481 e. The molecule has 0 amide bonds. The Labute approximate surface area is 115 Å². The molecule has 5 nitrogen and oxygen atoms in total. The normalized spacial score (nSPS) is 27.1.